The summed E-state index contributed by atoms with van der Waals surface area (Å²) in [5, 5.41) is 8.63. The van der Waals surface area contributed by atoms with E-state index in [4.69, 9.17) is 13.9 Å². The predicted molar refractivity (Wildman–Crippen MR) is 88.5 cm³/mol. The third-order valence-corrected chi connectivity index (χ3v) is 4.42. The standard InChI is InChI=1S/C16H13N3O5S/c20-14(17-7-10-3-4-11-12(6-10)23-9-22-11)8-19-16(21)24-15(18-19)13-2-1-5-25-13/h1-6H,7-9H2,(H,17,20). The molecule has 1 aliphatic heterocycles. The van der Waals surface area contributed by atoms with Crippen molar-refractivity contribution < 1.29 is 18.7 Å². The van der Waals surface area contributed by atoms with E-state index in [1.165, 1.54) is 11.3 Å². The van der Waals surface area contributed by atoms with Gasteiger partial charge in [0.2, 0.25) is 12.7 Å². The molecule has 128 valence electrons. The summed E-state index contributed by atoms with van der Waals surface area (Å²) < 4.78 is 16.6. The van der Waals surface area contributed by atoms with Crippen LogP contribution in [0.5, 0.6) is 11.5 Å². The van der Waals surface area contributed by atoms with Crippen molar-refractivity contribution in [3.8, 4) is 22.3 Å². The summed E-state index contributed by atoms with van der Waals surface area (Å²) in [6.45, 7) is 0.297. The molecule has 0 atom stereocenters. The maximum absolute atomic E-state index is 12.1. The first-order chi connectivity index (χ1) is 12.2. The highest BCUT2D eigenvalue weighted by Crippen LogP contribution is 2.32. The Hall–Kier alpha value is -3.07. The molecule has 0 spiro atoms. The number of hydrogen-bond acceptors (Lipinski definition) is 7. The zero-order valence-electron chi connectivity index (χ0n) is 12.9. The van der Waals surface area contributed by atoms with Crippen LogP contribution in [0.1, 0.15) is 5.56 Å². The lowest BCUT2D eigenvalue weighted by Gasteiger charge is -2.05. The lowest BCUT2D eigenvalue weighted by Crippen LogP contribution is -2.31. The first-order valence-corrected chi connectivity index (χ1v) is 8.34. The predicted octanol–water partition coefficient (Wildman–Crippen LogP) is 1.61. The molecule has 1 amide bonds. The number of ether oxygens (including phenoxy) is 2. The van der Waals surface area contributed by atoms with E-state index >= 15 is 0 Å². The molecule has 0 radical (unpaired) electrons. The maximum Gasteiger partial charge on any atom is 0.437 e. The number of rotatable bonds is 5. The van der Waals surface area contributed by atoms with E-state index in [-0.39, 0.29) is 25.1 Å². The maximum atomic E-state index is 12.1. The second kappa shape index (κ2) is 6.44. The molecule has 0 fully saturated rings. The van der Waals surface area contributed by atoms with Gasteiger partial charge in [0.05, 0.1) is 4.88 Å². The van der Waals surface area contributed by atoms with Gasteiger partial charge in [-0.15, -0.1) is 16.4 Å². The van der Waals surface area contributed by atoms with Crippen molar-refractivity contribution >= 4 is 17.2 Å². The minimum absolute atomic E-state index is 0.201. The Morgan fingerprint density at radius 3 is 3.00 bits per heavy atom. The van der Waals surface area contributed by atoms with Crippen LogP contribution in [0.3, 0.4) is 0 Å². The Balaban J connectivity index is 1.38. The molecular weight excluding hydrogens is 346 g/mol. The second-order valence-electron chi connectivity index (χ2n) is 5.27. The third kappa shape index (κ3) is 3.26. The molecule has 0 saturated carbocycles. The third-order valence-electron chi connectivity index (χ3n) is 3.56. The van der Waals surface area contributed by atoms with Crippen LogP contribution < -0.4 is 20.5 Å². The van der Waals surface area contributed by atoms with Gasteiger partial charge in [-0.25, -0.2) is 4.79 Å². The van der Waals surface area contributed by atoms with Gasteiger partial charge in [0.15, 0.2) is 11.5 Å². The van der Waals surface area contributed by atoms with Gasteiger partial charge in [-0.2, -0.15) is 4.68 Å². The van der Waals surface area contributed by atoms with Crippen LogP contribution >= 0.6 is 11.3 Å². The van der Waals surface area contributed by atoms with Crippen molar-refractivity contribution in [3.63, 3.8) is 0 Å². The fraction of sp³-hybridized carbons (Fsp3) is 0.188. The van der Waals surface area contributed by atoms with Crippen LogP contribution in [0.25, 0.3) is 10.8 Å². The smallest absolute Gasteiger partial charge is 0.437 e. The number of thiophene rings is 1. The molecule has 1 aliphatic rings. The Kier molecular flexibility index (Phi) is 3.98. The molecule has 1 aromatic carbocycles. The highest BCUT2D eigenvalue weighted by Gasteiger charge is 2.15. The van der Waals surface area contributed by atoms with E-state index in [0.717, 1.165) is 15.1 Å². The average Bonchev–Trinajstić information content (AvgIpc) is 3.34. The molecule has 4 rings (SSSR count). The van der Waals surface area contributed by atoms with E-state index < -0.39 is 5.76 Å². The Morgan fingerprint density at radius 2 is 2.16 bits per heavy atom. The van der Waals surface area contributed by atoms with Crippen LogP contribution in [-0.2, 0) is 17.9 Å². The van der Waals surface area contributed by atoms with E-state index in [0.29, 0.717) is 18.0 Å². The number of carbonyl (C=O) groups is 1. The fourth-order valence-corrected chi connectivity index (χ4v) is 2.99. The van der Waals surface area contributed by atoms with Gasteiger partial charge in [0, 0.05) is 6.54 Å². The van der Waals surface area contributed by atoms with Crippen molar-refractivity contribution in [2.24, 2.45) is 0 Å². The molecule has 0 bridgehead atoms. The molecule has 9 heteroatoms. The number of fused-ring (bicyclic) bond motifs is 1. The summed E-state index contributed by atoms with van der Waals surface area (Å²) >= 11 is 1.40. The van der Waals surface area contributed by atoms with Gasteiger partial charge in [0.1, 0.15) is 6.54 Å². The topological polar surface area (TPSA) is 95.6 Å². The van der Waals surface area contributed by atoms with Gasteiger partial charge in [0.25, 0.3) is 5.89 Å². The largest absolute Gasteiger partial charge is 0.454 e. The molecule has 0 saturated heterocycles. The minimum atomic E-state index is -0.665. The summed E-state index contributed by atoms with van der Waals surface area (Å²) in [6.07, 6.45) is 0. The molecule has 0 aliphatic carbocycles. The van der Waals surface area contributed by atoms with E-state index in [1.807, 2.05) is 17.5 Å². The van der Waals surface area contributed by atoms with E-state index in [1.54, 1.807) is 18.2 Å². The first-order valence-electron chi connectivity index (χ1n) is 7.46. The monoisotopic (exact) mass is 359 g/mol. The lowest BCUT2D eigenvalue weighted by atomic mass is 10.2. The summed E-state index contributed by atoms with van der Waals surface area (Å²) in [6, 6.07) is 9.06. The number of nitrogens with one attached hydrogen (secondary N) is 1. The summed E-state index contributed by atoms with van der Waals surface area (Å²) in [5.74, 6) is 0.543. The van der Waals surface area contributed by atoms with Gasteiger partial charge < -0.3 is 19.2 Å². The fourth-order valence-electron chi connectivity index (χ4n) is 2.35. The molecule has 0 unspecified atom stereocenters. The quantitative estimate of drug-likeness (QED) is 0.744. The van der Waals surface area contributed by atoms with Gasteiger partial charge >= 0.3 is 5.76 Å². The number of benzene rings is 1. The highest BCUT2D eigenvalue weighted by molar-refractivity contribution is 7.13. The molecule has 25 heavy (non-hydrogen) atoms. The Bertz CT molecular complexity index is 961. The minimum Gasteiger partial charge on any atom is -0.454 e. The zero-order chi connectivity index (χ0) is 17.2. The first kappa shape index (κ1) is 15.5. The number of aromatic nitrogens is 2. The summed E-state index contributed by atoms with van der Waals surface area (Å²) in [4.78, 5) is 24.6. The van der Waals surface area contributed by atoms with Crippen LogP contribution in [-0.4, -0.2) is 22.5 Å². The summed E-state index contributed by atoms with van der Waals surface area (Å²) in [7, 11) is 0. The SMILES string of the molecule is O=C(Cn1nc(-c2cccs2)oc1=O)NCc1ccc2c(c1)OCO2. The number of carbonyl (C=O) groups excluding carboxylic acids is 1. The number of amides is 1. The molecule has 3 heterocycles. The molecule has 2 aromatic heterocycles. The van der Waals surface area contributed by atoms with Crippen LogP contribution in [0.2, 0.25) is 0 Å². The Morgan fingerprint density at radius 1 is 1.28 bits per heavy atom. The number of nitrogens with zero attached hydrogens (tertiary/aromatic N) is 2. The molecule has 1 N–H and O–H groups in total. The highest BCUT2D eigenvalue weighted by atomic mass is 32.1. The van der Waals surface area contributed by atoms with Crippen molar-refractivity contribution in [2.75, 3.05) is 6.79 Å². The van der Waals surface area contributed by atoms with Crippen molar-refractivity contribution in [1.82, 2.24) is 15.1 Å². The summed E-state index contributed by atoms with van der Waals surface area (Å²) in [5.41, 5.74) is 0.865. The van der Waals surface area contributed by atoms with Crippen molar-refractivity contribution in [3.05, 3.63) is 51.8 Å². The van der Waals surface area contributed by atoms with Gasteiger partial charge in [-0.1, -0.05) is 12.1 Å². The van der Waals surface area contributed by atoms with Crippen molar-refractivity contribution in [2.45, 2.75) is 13.1 Å². The lowest BCUT2D eigenvalue weighted by molar-refractivity contribution is -0.122. The van der Waals surface area contributed by atoms with Gasteiger partial charge in [-0.3, -0.25) is 4.79 Å². The molecule has 3 aromatic rings. The second-order valence-corrected chi connectivity index (χ2v) is 6.22. The normalized spacial score (nSPS) is 12.3. The van der Waals surface area contributed by atoms with Gasteiger partial charge in [-0.05, 0) is 29.1 Å². The van der Waals surface area contributed by atoms with Crippen LogP contribution in [0.15, 0.2) is 44.9 Å². The Labute approximate surface area is 145 Å². The average molecular weight is 359 g/mol. The van der Waals surface area contributed by atoms with Crippen LogP contribution in [0.4, 0.5) is 0 Å². The van der Waals surface area contributed by atoms with Crippen LogP contribution in [0, 0.1) is 0 Å². The zero-order valence-corrected chi connectivity index (χ0v) is 13.7. The molecular formula is C16H13N3O5S. The molecule has 8 nitrogen and oxygen atoms in total. The van der Waals surface area contributed by atoms with Crippen molar-refractivity contribution in [1.29, 1.82) is 0 Å². The van der Waals surface area contributed by atoms with E-state index in [9.17, 15) is 9.59 Å². The number of hydrogen-bond donors (Lipinski definition) is 1. The van der Waals surface area contributed by atoms with E-state index in [2.05, 4.69) is 10.4 Å².